The summed E-state index contributed by atoms with van der Waals surface area (Å²) in [5.74, 6) is 0.585. The first-order valence-electron chi connectivity index (χ1n) is 8.56. The number of nitrogens with zero attached hydrogens (tertiary/aromatic N) is 4. The maximum atomic E-state index is 14.1. The summed E-state index contributed by atoms with van der Waals surface area (Å²) in [5, 5.41) is 1.99. The third-order valence-electron chi connectivity index (χ3n) is 4.55. The van der Waals surface area contributed by atoms with Crippen LogP contribution in [0.5, 0.6) is 0 Å². The van der Waals surface area contributed by atoms with Crippen molar-refractivity contribution in [1.29, 1.82) is 0 Å². The Morgan fingerprint density at radius 3 is 2.65 bits per heavy atom. The molecule has 1 aliphatic rings. The Morgan fingerprint density at radius 2 is 1.92 bits per heavy atom. The van der Waals surface area contributed by atoms with E-state index >= 15 is 0 Å². The zero-order valence-corrected chi connectivity index (χ0v) is 15.0. The molecule has 0 saturated carbocycles. The first kappa shape index (κ1) is 16.8. The van der Waals surface area contributed by atoms with E-state index in [2.05, 4.69) is 9.88 Å². The van der Waals surface area contributed by atoms with Gasteiger partial charge in [-0.2, -0.15) is 0 Å². The summed E-state index contributed by atoms with van der Waals surface area (Å²) >= 11 is 1.61. The molecule has 4 rings (SSSR count). The van der Waals surface area contributed by atoms with Gasteiger partial charge in [0.1, 0.15) is 5.82 Å². The maximum Gasteiger partial charge on any atom is 0.227 e. The van der Waals surface area contributed by atoms with Crippen LogP contribution in [0.3, 0.4) is 0 Å². The van der Waals surface area contributed by atoms with Crippen molar-refractivity contribution in [1.82, 2.24) is 14.5 Å². The van der Waals surface area contributed by atoms with Gasteiger partial charge < -0.3 is 9.80 Å². The lowest BCUT2D eigenvalue weighted by molar-refractivity contribution is -0.130. The first-order valence-corrected chi connectivity index (χ1v) is 9.44. The fourth-order valence-electron chi connectivity index (χ4n) is 3.19. The van der Waals surface area contributed by atoms with Gasteiger partial charge in [-0.05, 0) is 23.6 Å². The number of anilines is 1. The molecule has 0 atom stereocenters. The quantitative estimate of drug-likeness (QED) is 0.709. The number of para-hydroxylation sites is 1. The van der Waals surface area contributed by atoms with Crippen LogP contribution in [-0.2, 0) is 11.2 Å². The Labute approximate surface area is 155 Å². The van der Waals surface area contributed by atoms with Crippen LogP contribution in [0.4, 0.5) is 10.3 Å². The molecule has 1 aliphatic heterocycles. The number of benzene rings is 1. The molecular formula is C19H19FN4OS. The van der Waals surface area contributed by atoms with Crippen molar-refractivity contribution in [2.75, 3.05) is 31.1 Å². The molecule has 0 unspecified atom stereocenters. The largest absolute Gasteiger partial charge is 0.339 e. The molecule has 0 spiro atoms. The van der Waals surface area contributed by atoms with Gasteiger partial charge in [-0.15, -0.1) is 11.3 Å². The summed E-state index contributed by atoms with van der Waals surface area (Å²) in [5.41, 5.74) is 0.483. The fourth-order valence-corrected chi connectivity index (χ4v) is 3.89. The van der Waals surface area contributed by atoms with Gasteiger partial charge in [-0.1, -0.05) is 18.2 Å². The molecule has 7 heteroatoms. The van der Waals surface area contributed by atoms with Gasteiger partial charge in [-0.3, -0.25) is 9.36 Å². The van der Waals surface area contributed by atoms with E-state index in [0.717, 1.165) is 4.88 Å². The van der Waals surface area contributed by atoms with E-state index < -0.39 is 0 Å². The molecule has 0 radical (unpaired) electrons. The van der Waals surface area contributed by atoms with Gasteiger partial charge in [0.05, 0.1) is 12.1 Å². The summed E-state index contributed by atoms with van der Waals surface area (Å²) in [7, 11) is 0. The second-order valence-electron chi connectivity index (χ2n) is 6.17. The molecule has 1 fully saturated rings. The summed E-state index contributed by atoms with van der Waals surface area (Å²) in [4.78, 5) is 21.9. The third-order valence-corrected chi connectivity index (χ3v) is 5.43. The van der Waals surface area contributed by atoms with Gasteiger partial charge in [0.15, 0.2) is 0 Å². The van der Waals surface area contributed by atoms with Crippen molar-refractivity contribution in [2.24, 2.45) is 0 Å². The number of piperazine rings is 1. The molecule has 5 nitrogen and oxygen atoms in total. The zero-order chi connectivity index (χ0) is 17.9. The second-order valence-corrected chi connectivity index (χ2v) is 7.20. The molecule has 0 aliphatic carbocycles. The Morgan fingerprint density at radius 1 is 1.12 bits per heavy atom. The fraction of sp³-hybridized carbons (Fsp3) is 0.263. The number of carbonyl (C=O) groups excluding carboxylic acids is 1. The number of carbonyl (C=O) groups is 1. The average molecular weight is 370 g/mol. The van der Waals surface area contributed by atoms with Crippen LogP contribution in [0, 0.1) is 5.82 Å². The lowest BCUT2D eigenvalue weighted by Gasteiger charge is -2.35. The Bertz CT molecular complexity index is 885. The molecule has 3 heterocycles. The molecule has 1 saturated heterocycles. The van der Waals surface area contributed by atoms with Crippen molar-refractivity contribution in [2.45, 2.75) is 6.42 Å². The first-order chi connectivity index (χ1) is 12.7. The Kier molecular flexibility index (Phi) is 4.71. The van der Waals surface area contributed by atoms with Crippen molar-refractivity contribution in [3.63, 3.8) is 0 Å². The van der Waals surface area contributed by atoms with Crippen molar-refractivity contribution < 1.29 is 9.18 Å². The standard InChI is InChI=1S/C19H19FN4OS/c20-16-5-1-2-6-17(16)24-8-7-21-19(24)23-11-9-22(10-12-23)18(25)14-15-4-3-13-26-15/h1-8,13H,9-12,14H2. The predicted octanol–water partition coefficient (Wildman–Crippen LogP) is 2.96. The van der Waals surface area contributed by atoms with Crippen molar-refractivity contribution in [3.05, 3.63) is 64.9 Å². The summed E-state index contributed by atoms with van der Waals surface area (Å²) < 4.78 is 15.9. The second kappa shape index (κ2) is 7.29. The van der Waals surface area contributed by atoms with E-state index in [1.807, 2.05) is 28.5 Å². The van der Waals surface area contributed by atoms with Crippen molar-refractivity contribution in [3.8, 4) is 5.69 Å². The van der Waals surface area contributed by atoms with Crippen LogP contribution in [0.15, 0.2) is 54.2 Å². The van der Waals surface area contributed by atoms with E-state index in [1.165, 1.54) is 6.07 Å². The predicted molar refractivity (Wildman–Crippen MR) is 100 cm³/mol. The maximum absolute atomic E-state index is 14.1. The van der Waals surface area contributed by atoms with E-state index in [9.17, 15) is 9.18 Å². The number of amides is 1. The van der Waals surface area contributed by atoms with Gasteiger partial charge in [0.2, 0.25) is 11.9 Å². The van der Waals surface area contributed by atoms with E-state index in [-0.39, 0.29) is 11.7 Å². The highest BCUT2D eigenvalue weighted by atomic mass is 32.1. The minimum atomic E-state index is -0.281. The third kappa shape index (κ3) is 3.35. The number of rotatable bonds is 4. The number of hydrogen-bond acceptors (Lipinski definition) is 4. The summed E-state index contributed by atoms with van der Waals surface area (Å²) in [6, 6.07) is 10.6. The SMILES string of the molecule is O=C(Cc1cccs1)N1CCN(c2nccn2-c2ccccc2F)CC1. The molecule has 134 valence electrons. The average Bonchev–Trinajstić information content (AvgIpc) is 3.34. The number of aromatic nitrogens is 2. The van der Waals surface area contributed by atoms with Crippen LogP contribution < -0.4 is 4.90 Å². The smallest absolute Gasteiger partial charge is 0.227 e. The highest BCUT2D eigenvalue weighted by molar-refractivity contribution is 7.10. The molecule has 1 aromatic carbocycles. The Hall–Kier alpha value is -2.67. The highest BCUT2D eigenvalue weighted by Crippen LogP contribution is 2.22. The normalized spacial score (nSPS) is 14.7. The van der Waals surface area contributed by atoms with E-state index in [0.29, 0.717) is 44.2 Å². The van der Waals surface area contributed by atoms with Gasteiger partial charge in [-0.25, -0.2) is 9.37 Å². The summed E-state index contributed by atoms with van der Waals surface area (Å²) in [6.45, 7) is 2.66. The van der Waals surface area contributed by atoms with Gasteiger partial charge in [0.25, 0.3) is 0 Å². The zero-order valence-electron chi connectivity index (χ0n) is 14.2. The van der Waals surface area contributed by atoms with Crippen LogP contribution >= 0.6 is 11.3 Å². The topological polar surface area (TPSA) is 41.4 Å². The molecule has 3 aromatic rings. The van der Waals surface area contributed by atoms with E-state index in [4.69, 9.17) is 0 Å². The van der Waals surface area contributed by atoms with Crippen LogP contribution in [-0.4, -0.2) is 46.5 Å². The molecular weight excluding hydrogens is 351 g/mol. The molecule has 0 bridgehead atoms. The number of imidazole rings is 1. The minimum Gasteiger partial charge on any atom is -0.339 e. The summed E-state index contributed by atoms with van der Waals surface area (Å²) in [6.07, 6.45) is 3.90. The minimum absolute atomic E-state index is 0.157. The van der Waals surface area contributed by atoms with E-state index in [1.54, 1.807) is 40.4 Å². The monoisotopic (exact) mass is 370 g/mol. The molecule has 0 N–H and O–H groups in total. The van der Waals surface area contributed by atoms with Gasteiger partial charge >= 0.3 is 0 Å². The lowest BCUT2D eigenvalue weighted by Crippen LogP contribution is -2.49. The van der Waals surface area contributed by atoms with Crippen LogP contribution in [0.1, 0.15) is 4.88 Å². The molecule has 26 heavy (non-hydrogen) atoms. The Balaban J connectivity index is 1.44. The molecule has 1 amide bonds. The van der Waals surface area contributed by atoms with Gasteiger partial charge in [0, 0.05) is 43.4 Å². The number of halogens is 1. The highest BCUT2D eigenvalue weighted by Gasteiger charge is 2.24. The van der Waals surface area contributed by atoms with Crippen molar-refractivity contribution >= 4 is 23.2 Å². The van der Waals surface area contributed by atoms with Crippen LogP contribution in [0.2, 0.25) is 0 Å². The number of hydrogen-bond donors (Lipinski definition) is 0. The number of thiophene rings is 1. The van der Waals surface area contributed by atoms with Crippen LogP contribution in [0.25, 0.3) is 5.69 Å². The lowest BCUT2D eigenvalue weighted by atomic mass is 10.2. The molecule has 2 aromatic heterocycles.